The number of nitrogens with zero attached hydrogens (tertiary/aromatic N) is 2. The summed E-state index contributed by atoms with van der Waals surface area (Å²) in [6.45, 7) is 0.755. The third kappa shape index (κ3) is 2.90. The monoisotopic (exact) mass is 432 g/mol. The van der Waals surface area contributed by atoms with E-state index in [2.05, 4.69) is 10.2 Å². The van der Waals surface area contributed by atoms with Gasteiger partial charge in [-0.05, 0) is 55.2 Å². The Morgan fingerprint density at radius 3 is 2.50 bits per heavy atom. The molecule has 164 valence electrons. The van der Waals surface area contributed by atoms with Crippen molar-refractivity contribution in [2.75, 3.05) is 16.3 Å². The average Bonchev–Trinajstić information content (AvgIpc) is 3.05. The van der Waals surface area contributed by atoms with Crippen LogP contribution in [-0.2, 0) is 16.0 Å². The van der Waals surface area contributed by atoms with E-state index in [0.717, 1.165) is 42.0 Å². The van der Waals surface area contributed by atoms with Crippen LogP contribution in [0.5, 0.6) is 0 Å². The van der Waals surface area contributed by atoms with Crippen molar-refractivity contribution < 1.29 is 19.2 Å². The van der Waals surface area contributed by atoms with Crippen LogP contribution in [0, 0.1) is 5.41 Å². The summed E-state index contributed by atoms with van der Waals surface area (Å²) in [4.78, 5) is 54.9. The second-order valence-corrected chi connectivity index (χ2v) is 8.65. The van der Waals surface area contributed by atoms with Gasteiger partial charge in [0.05, 0.1) is 11.7 Å². The van der Waals surface area contributed by atoms with Gasteiger partial charge >= 0.3 is 6.03 Å². The summed E-state index contributed by atoms with van der Waals surface area (Å²) in [6.07, 6.45) is 3.84. The summed E-state index contributed by atoms with van der Waals surface area (Å²) >= 11 is 0. The molecule has 2 fully saturated rings. The molecule has 8 nitrogen and oxygen atoms in total. The molecular weight excluding hydrogens is 408 g/mol. The van der Waals surface area contributed by atoms with E-state index >= 15 is 0 Å². The third-order valence-corrected chi connectivity index (χ3v) is 6.92. The van der Waals surface area contributed by atoms with E-state index in [1.807, 2.05) is 24.3 Å². The van der Waals surface area contributed by atoms with Crippen molar-refractivity contribution >= 4 is 35.1 Å². The van der Waals surface area contributed by atoms with Crippen LogP contribution in [0.1, 0.15) is 41.6 Å². The molecule has 8 heteroatoms. The number of nitrogens with one attached hydrogen (secondary N) is 1. The highest BCUT2D eigenvalue weighted by Crippen LogP contribution is 2.47. The molecule has 3 N–H and O–H groups in total. The van der Waals surface area contributed by atoms with Crippen molar-refractivity contribution in [1.82, 2.24) is 5.32 Å². The van der Waals surface area contributed by atoms with Gasteiger partial charge in [-0.15, -0.1) is 0 Å². The fourth-order valence-electron chi connectivity index (χ4n) is 5.38. The van der Waals surface area contributed by atoms with Crippen molar-refractivity contribution in [3.05, 3.63) is 59.7 Å². The Hall–Kier alpha value is -3.68. The third-order valence-electron chi connectivity index (χ3n) is 6.92. The van der Waals surface area contributed by atoms with E-state index < -0.39 is 29.2 Å². The Labute approximate surface area is 185 Å². The second-order valence-electron chi connectivity index (χ2n) is 8.65. The largest absolute Gasteiger partial charge is 0.367 e. The number of imide groups is 2. The molecule has 0 saturated carbocycles. The van der Waals surface area contributed by atoms with E-state index in [4.69, 9.17) is 5.73 Å². The van der Waals surface area contributed by atoms with Crippen LogP contribution in [0.4, 0.5) is 16.2 Å². The van der Waals surface area contributed by atoms with Gasteiger partial charge in [0.2, 0.25) is 11.8 Å². The number of carbonyl (C=O) groups excluding carboxylic acids is 4. The number of urea groups is 1. The molecule has 3 heterocycles. The van der Waals surface area contributed by atoms with Gasteiger partial charge in [0, 0.05) is 17.8 Å². The molecule has 0 radical (unpaired) electrons. The molecule has 2 atom stereocenters. The number of primary amides is 1. The Morgan fingerprint density at radius 2 is 1.75 bits per heavy atom. The number of fused-ring (bicyclic) bond motifs is 4. The van der Waals surface area contributed by atoms with Crippen molar-refractivity contribution in [1.29, 1.82) is 0 Å². The van der Waals surface area contributed by atoms with Crippen LogP contribution in [-0.4, -0.2) is 36.3 Å². The highest BCUT2D eigenvalue weighted by atomic mass is 16.2. The molecule has 2 saturated heterocycles. The Balaban J connectivity index is 1.63. The van der Waals surface area contributed by atoms with Gasteiger partial charge in [-0.25, -0.2) is 9.69 Å². The van der Waals surface area contributed by atoms with Crippen LogP contribution in [0.25, 0.3) is 0 Å². The minimum atomic E-state index is -1.41. The summed E-state index contributed by atoms with van der Waals surface area (Å²) < 4.78 is 0. The summed E-state index contributed by atoms with van der Waals surface area (Å²) in [5.41, 5.74) is 6.45. The van der Waals surface area contributed by atoms with Gasteiger partial charge in [-0.2, -0.15) is 0 Å². The highest BCUT2D eigenvalue weighted by Gasteiger charge is 2.62. The lowest BCUT2D eigenvalue weighted by Gasteiger charge is -2.51. The highest BCUT2D eigenvalue weighted by molar-refractivity contribution is 6.30. The zero-order chi connectivity index (χ0) is 22.5. The van der Waals surface area contributed by atoms with Crippen molar-refractivity contribution in [3.8, 4) is 0 Å². The summed E-state index contributed by atoms with van der Waals surface area (Å²) in [5, 5.41) is 2.45. The maximum Gasteiger partial charge on any atom is 0.335 e. The number of hydrogen-bond acceptors (Lipinski definition) is 5. The smallest absolute Gasteiger partial charge is 0.335 e. The molecule has 3 aliphatic heterocycles. The number of hydrogen-bond donors (Lipinski definition) is 2. The van der Waals surface area contributed by atoms with Crippen LogP contribution in [0.3, 0.4) is 0 Å². The summed E-state index contributed by atoms with van der Waals surface area (Å²) in [5.74, 6) is -1.66. The zero-order valence-corrected chi connectivity index (χ0v) is 17.5. The minimum absolute atomic E-state index is 0.234. The average molecular weight is 432 g/mol. The SMILES string of the molecule is NC(=O)c1ccc(N2C(=O)NC(=O)[C@]3(Cc4ccccc4N4CCCCC[C@@H]43)C2=O)cc1. The Bertz CT molecular complexity index is 1130. The molecule has 0 unspecified atom stereocenters. The number of amides is 5. The van der Waals surface area contributed by atoms with Gasteiger partial charge < -0.3 is 10.6 Å². The number of barbiturate groups is 1. The first-order valence-electron chi connectivity index (χ1n) is 10.9. The van der Waals surface area contributed by atoms with E-state index in [-0.39, 0.29) is 18.0 Å². The molecule has 2 aromatic rings. The lowest BCUT2D eigenvalue weighted by molar-refractivity contribution is -0.144. The zero-order valence-electron chi connectivity index (χ0n) is 17.5. The molecule has 0 aromatic heterocycles. The molecule has 5 rings (SSSR count). The first kappa shape index (κ1) is 20.2. The topological polar surface area (TPSA) is 113 Å². The lowest BCUT2D eigenvalue weighted by atomic mass is 9.67. The van der Waals surface area contributed by atoms with Crippen LogP contribution in [0.2, 0.25) is 0 Å². The molecular formula is C24H24N4O4. The maximum atomic E-state index is 14.0. The first-order chi connectivity index (χ1) is 15.4. The van der Waals surface area contributed by atoms with E-state index in [9.17, 15) is 19.2 Å². The molecule has 5 amide bonds. The number of nitrogens with two attached hydrogens (primary N) is 1. The van der Waals surface area contributed by atoms with Crippen LogP contribution in [0.15, 0.2) is 48.5 Å². The molecule has 2 aromatic carbocycles. The fourth-order valence-corrected chi connectivity index (χ4v) is 5.38. The second kappa shape index (κ2) is 7.47. The van der Waals surface area contributed by atoms with Crippen molar-refractivity contribution in [2.45, 2.75) is 38.1 Å². The summed E-state index contributed by atoms with van der Waals surface area (Å²) in [6, 6.07) is 12.7. The van der Waals surface area contributed by atoms with E-state index in [1.165, 1.54) is 24.3 Å². The fraction of sp³-hybridized carbons (Fsp3) is 0.333. The first-order valence-corrected chi connectivity index (χ1v) is 10.9. The lowest BCUT2D eigenvalue weighted by Crippen LogP contribution is -2.72. The molecule has 3 aliphatic rings. The molecule has 1 spiro atoms. The molecule has 32 heavy (non-hydrogen) atoms. The Morgan fingerprint density at radius 1 is 1.00 bits per heavy atom. The standard InChI is InChI=1S/C24H24N4O4/c25-20(29)15-9-11-17(12-10-15)28-22(31)24(21(30)26-23(28)32)14-16-6-3-4-7-18(16)27-13-5-1-2-8-19(24)27/h3-4,6-7,9-12,19H,1-2,5,8,13-14H2,(H2,25,29)(H,26,30,32)/t19-,24-/m1/s1. The molecule has 0 aliphatic carbocycles. The van der Waals surface area contributed by atoms with Crippen LogP contribution >= 0.6 is 0 Å². The number of para-hydroxylation sites is 1. The number of rotatable bonds is 2. The van der Waals surface area contributed by atoms with Gasteiger partial charge in [0.1, 0.15) is 0 Å². The quantitative estimate of drug-likeness (QED) is 0.708. The van der Waals surface area contributed by atoms with Crippen molar-refractivity contribution in [2.24, 2.45) is 11.1 Å². The number of benzene rings is 2. The van der Waals surface area contributed by atoms with Gasteiger partial charge in [-0.1, -0.05) is 31.0 Å². The predicted octanol–water partition coefficient (Wildman–Crippen LogP) is 2.36. The van der Waals surface area contributed by atoms with E-state index in [0.29, 0.717) is 12.1 Å². The normalized spacial score (nSPS) is 25.1. The Kier molecular flexibility index (Phi) is 4.73. The van der Waals surface area contributed by atoms with Gasteiger partial charge in [0.15, 0.2) is 5.41 Å². The number of anilines is 2. The van der Waals surface area contributed by atoms with Gasteiger partial charge in [-0.3, -0.25) is 19.7 Å². The van der Waals surface area contributed by atoms with E-state index in [1.54, 1.807) is 0 Å². The predicted molar refractivity (Wildman–Crippen MR) is 118 cm³/mol. The minimum Gasteiger partial charge on any atom is -0.367 e. The van der Waals surface area contributed by atoms with Crippen molar-refractivity contribution in [3.63, 3.8) is 0 Å². The van der Waals surface area contributed by atoms with Gasteiger partial charge in [0.25, 0.3) is 5.91 Å². The summed E-state index contributed by atoms with van der Waals surface area (Å²) in [7, 11) is 0. The number of carbonyl (C=O) groups is 4. The maximum absolute atomic E-state index is 14.0. The van der Waals surface area contributed by atoms with Crippen LogP contribution < -0.4 is 20.9 Å². The molecule has 0 bridgehead atoms.